The number of anilines is 2. The lowest BCUT2D eigenvalue weighted by Gasteiger charge is -2.24. The number of amides is 3. The van der Waals surface area contributed by atoms with E-state index in [1.807, 2.05) is 0 Å². The minimum absolute atomic E-state index is 0.0384. The van der Waals surface area contributed by atoms with Gasteiger partial charge in [0.05, 0.1) is 25.6 Å². The summed E-state index contributed by atoms with van der Waals surface area (Å²) in [5.41, 5.74) is -1.43. The number of pyridine rings is 2. The van der Waals surface area contributed by atoms with Crippen LogP contribution in [0.4, 0.5) is 15.8 Å². The molecule has 0 unspecified atom stereocenters. The summed E-state index contributed by atoms with van der Waals surface area (Å²) in [7, 11) is 2.35. The molecule has 2 aromatic heterocycles. The Labute approximate surface area is 304 Å². The van der Waals surface area contributed by atoms with Gasteiger partial charge in [0.1, 0.15) is 22.8 Å². The van der Waals surface area contributed by atoms with Crippen molar-refractivity contribution in [2.75, 3.05) is 37.9 Å². The Morgan fingerprint density at radius 3 is 1.40 bits per heavy atom. The highest BCUT2D eigenvalue weighted by Crippen LogP contribution is 2.28. The number of aromatic nitrogens is 2. The maximum atomic E-state index is 16.2. The van der Waals surface area contributed by atoms with Crippen LogP contribution in [0.3, 0.4) is 0 Å². The lowest BCUT2D eigenvalue weighted by atomic mass is 10.1. The molecule has 3 rings (SSSR count). The molecule has 0 aliphatic heterocycles. The number of methoxy groups -OCH3 is 2. The Balaban J connectivity index is 1.98. The van der Waals surface area contributed by atoms with Crippen LogP contribution in [0.5, 0.6) is 0 Å². The van der Waals surface area contributed by atoms with E-state index in [0.29, 0.717) is 13.1 Å². The summed E-state index contributed by atoms with van der Waals surface area (Å²) >= 11 is 0. The van der Waals surface area contributed by atoms with Crippen LogP contribution in [-0.4, -0.2) is 71.8 Å². The highest BCUT2D eigenvalue weighted by atomic mass is 19.1. The fourth-order valence-corrected chi connectivity index (χ4v) is 5.52. The van der Waals surface area contributed by atoms with E-state index in [2.05, 4.69) is 43.9 Å². The Kier molecular flexibility index (Phi) is 17.4. The van der Waals surface area contributed by atoms with Crippen LogP contribution in [0.15, 0.2) is 48.5 Å². The number of unbranched alkanes of at least 4 members (excludes halogenated alkanes) is 10. The summed E-state index contributed by atoms with van der Waals surface area (Å²) in [5, 5.41) is 4.89. The lowest BCUT2D eigenvalue weighted by molar-refractivity contribution is 0.0585. The third-order valence-electron chi connectivity index (χ3n) is 8.42. The minimum Gasteiger partial charge on any atom is -0.464 e. The molecule has 1 aromatic carbocycles. The van der Waals surface area contributed by atoms with Gasteiger partial charge in [-0.3, -0.25) is 14.4 Å². The van der Waals surface area contributed by atoms with Crippen molar-refractivity contribution in [2.45, 2.75) is 90.9 Å². The van der Waals surface area contributed by atoms with Crippen molar-refractivity contribution < 1.29 is 37.8 Å². The van der Waals surface area contributed by atoms with E-state index in [-0.39, 0.29) is 34.2 Å². The maximum absolute atomic E-state index is 16.2. The number of rotatable bonds is 21. The smallest absolute Gasteiger partial charge is 0.356 e. The van der Waals surface area contributed by atoms with Crippen LogP contribution in [0.25, 0.3) is 0 Å². The number of benzene rings is 1. The molecular formula is C39H50FN5O7. The third kappa shape index (κ3) is 12.5. The topological polar surface area (TPSA) is 157 Å². The molecule has 0 fully saturated rings. The molecule has 12 nitrogen and oxygen atoms in total. The van der Waals surface area contributed by atoms with Crippen molar-refractivity contribution in [2.24, 2.45) is 0 Å². The lowest BCUT2D eigenvalue weighted by Crippen LogP contribution is -2.33. The molecule has 3 amide bonds. The number of carbonyl (C=O) groups excluding carboxylic acids is 5. The average Bonchev–Trinajstić information content (AvgIpc) is 3.17. The number of ether oxygens (including phenoxy) is 2. The molecule has 0 aliphatic rings. The van der Waals surface area contributed by atoms with Crippen LogP contribution in [0, 0.1) is 5.82 Å². The number of carbonyl (C=O) groups is 5. The van der Waals surface area contributed by atoms with Gasteiger partial charge >= 0.3 is 11.9 Å². The quantitative estimate of drug-likeness (QED) is 0.0826. The number of halogens is 1. The van der Waals surface area contributed by atoms with E-state index >= 15 is 4.39 Å². The van der Waals surface area contributed by atoms with Gasteiger partial charge in [-0.15, -0.1) is 0 Å². The predicted molar refractivity (Wildman–Crippen MR) is 196 cm³/mol. The van der Waals surface area contributed by atoms with E-state index in [1.54, 1.807) is 4.90 Å². The zero-order valence-electron chi connectivity index (χ0n) is 30.6. The highest BCUT2D eigenvalue weighted by Gasteiger charge is 2.24. The van der Waals surface area contributed by atoms with E-state index in [9.17, 15) is 24.0 Å². The van der Waals surface area contributed by atoms with Crippen molar-refractivity contribution in [3.8, 4) is 0 Å². The summed E-state index contributed by atoms with van der Waals surface area (Å²) < 4.78 is 25.5. The second-order valence-electron chi connectivity index (χ2n) is 12.4. The van der Waals surface area contributed by atoms with E-state index in [1.165, 1.54) is 62.8 Å². The molecule has 2 N–H and O–H groups in total. The fourth-order valence-electron chi connectivity index (χ4n) is 5.52. The summed E-state index contributed by atoms with van der Waals surface area (Å²) in [6, 6.07) is 10.7. The third-order valence-corrected chi connectivity index (χ3v) is 8.42. The standard InChI is InChI=1S/C39H50FN5O7/c1-5-7-9-11-13-15-23-45(24-16-14-12-10-8-6-2)37(48)27-25-32(43-35(46)28-19-17-21-30(41-28)38(49)51-3)34(40)33(26-27)44-36(47)29-20-18-22-31(42-29)39(50)52-4/h17-22,25-26H,5-16,23-24H2,1-4H3,(H,43,46)(H,44,47). The molecule has 13 heteroatoms. The van der Waals surface area contributed by atoms with Crippen molar-refractivity contribution in [1.82, 2.24) is 14.9 Å². The summed E-state index contributed by atoms with van der Waals surface area (Å²) in [4.78, 5) is 74.6. The first kappa shape index (κ1) is 41.2. The van der Waals surface area contributed by atoms with Gasteiger partial charge in [-0.2, -0.15) is 0 Å². The summed E-state index contributed by atoms with van der Waals surface area (Å²) in [6.07, 6.45) is 12.5. The molecule has 0 saturated heterocycles. The molecule has 3 aromatic rings. The zero-order valence-corrected chi connectivity index (χ0v) is 30.6. The zero-order chi connectivity index (χ0) is 37.9. The van der Waals surface area contributed by atoms with Crippen molar-refractivity contribution in [1.29, 1.82) is 0 Å². The largest absolute Gasteiger partial charge is 0.464 e. The molecular weight excluding hydrogens is 669 g/mol. The van der Waals surface area contributed by atoms with E-state index < -0.39 is 40.9 Å². The van der Waals surface area contributed by atoms with Crippen LogP contribution in [-0.2, 0) is 9.47 Å². The molecule has 0 saturated carbocycles. The number of hydrogen-bond donors (Lipinski definition) is 2. The van der Waals surface area contributed by atoms with Crippen molar-refractivity contribution >= 4 is 41.0 Å². The predicted octanol–water partition coefficient (Wildman–Crippen LogP) is 7.86. The molecule has 0 atom stereocenters. The molecule has 2 heterocycles. The Morgan fingerprint density at radius 1 is 0.615 bits per heavy atom. The Morgan fingerprint density at radius 2 is 1.00 bits per heavy atom. The van der Waals surface area contributed by atoms with Gasteiger partial charge in [-0.05, 0) is 49.2 Å². The Bertz CT molecular complexity index is 1570. The number of esters is 2. The molecule has 0 bridgehead atoms. The number of nitrogens with zero attached hydrogens (tertiary/aromatic N) is 3. The molecule has 280 valence electrons. The first-order valence-electron chi connectivity index (χ1n) is 18.0. The minimum atomic E-state index is -1.04. The van der Waals surface area contributed by atoms with Gasteiger partial charge in [0.25, 0.3) is 17.7 Å². The van der Waals surface area contributed by atoms with Crippen molar-refractivity contribution in [3.05, 3.63) is 82.7 Å². The number of nitrogens with one attached hydrogen (secondary N) is 2. The summed E-state index contributed by atoms with van der Waals surface area (Å²) in [5.74, 6) is -4.68. The normalized spacial score (nSPS) is 10.7. The first-order valence-corrected chi connectivity index (χ1v) is 18.0. The average molecular weight is 720 g/mol. The summed E-state index contributed by atoms with van der Waals surface area (Å²) in [6.45, 7) is 5.30. The van der Waals surface area contributed by atoms with Crippen LogP contribution < -0.4 is 10.6 Å². The van der Waals surface area contributed by atoms with E-state index in [4.69, 9.17) is 0 Å². The molecule has 52 heavy (non-hydrogen) atoms. The van der Waals surface area contributed by atoms with Gasteiger partial charge < -0.3 is 25.0 Å². The molecule has 0 radical (unpaired) electrons. The van der Waals surface area contributed by atoms with E-state index in [0.717, 1.165) is 77.0 Å². The highest BCUT2D eigenvalue weighted by molar-refractivity contribution is 6.07. The second kappa shape index (κ2) is 21.9. The van der Waals surface area contributed by atoms with Gasteiger partial charge in [-0.1, -0.05) is 90.2 Å². The van der Waals surface area contributed by atoms with Crippen LogP contribution in [0.1, 0.15) is 143 Å². The van der Waals surface area contributed by atoms with Crippen LogP contribution in [0.2, 0.25) is 0 Å². The van der Waals surface area contributed by atoms with Crippen molar-refractivity contribution in [3.63, 3.8) is 0 Å². The molecule has 0 aliphatic carbocycles. The van der Waals surface area contributed by atoms with Gasteiger partial charge in [0, 0.05) is 18.7 Å². The SMILES string of the molecule is CCCCCCCCN(CCCCCCCC)C(=O)c1cc(NC(=O)c2cccc(C(=O)OC)n2)c(F)c(NC(=O)c2cccc(C(=O)OC)n2)c1. The Hall–Kier alpha value is -5.20. The molecule has 0 spiro atoms. The van der Waals surface area contributed by atoms with Gasteiger partial charge in [0.15, 0.2) is 5.82 Å². The monoisotopic (exact) mass is 719 g/mol. The van der Waals surface area contributed by atoms with Crippen LogP contribution >= 0.6 is 0 Å². The second-order valence-corrected chi connectivity index (χ2v) is 12.4. The van der Waals surface area contributed by atoms with Gasteiger partial charge in [0.2, 0.25) is 0 Å². The fraction of sp³-hybridized carbons (Fsp3) is 0.462. The maximum Gasteiger partial charge on any atom is 0.356 e. The van der Waals surface area contributed by atoms with Gasteiger partial charge in [-0.25, -0.2) is 23.9 Å². The number of hydrogen-bond acceptors (Lipinski definition) is 9. The first-order chi connectivity index (χ1) is 25.1.